The Morgan fingerprint density at radius 2 is 1.06 bits per heavy atom. The maximum Gasteiger partial charge on any atom is 0.238 e. The van der Waals surface area contributed by atoms with Crippen LogP contribution in [0.25, 0.3) is 94.7 Å². The van der Waals surface area contributed by atoms with Crippen molar-refractivity contribution < 1.29 is 4.42 Å². The lowest BCUT2D eigenvalue weighted by Gasteiger charge is -2.21. The third-order valence-electron chi connectivity index (χ3n) is 11.1. The summed E-state index contributed by atoms with van der Waals surface area (Å²) in [4.78, 5) is 15.5. The van der Waals surface area contributed by atoms with Crippen molar-refractivity contribution in [2.45, 2.75) is 19.3 Å². The van der Waals surface area contributed by atoms with Crippen LogP contribution in [0, 0.1) is 0 Å². The molecule has 11 rings (SSSR count). The molecule has 7 aromatic carbocycles. The first-order chi connectivity index (χ1) is 26.0. The molecule has 0 spiro atoms. The molecule has 0 radical (unpaired) electrons. The van der Waals surface area contributed by atoms with E-state index in [-0.39, 0.29) is 5.41 Å². The van der Waals surface area contributed by atoms with Gasteiger partial charge in [0, 0.05) is 38.1 Å². The number of benzene rings is 7. The van der Waals surface area contributed by atoms with Crippen LogP contribution in [0.4, 0.5) is 0 Å². The van der Waals surface area contributed by atoms with E-state index in [1.807, 2.05) is 36.4 Å². The van der Waals surface area contributed by atoms with Crippen LogP contribution in [0.2, 0.25) is 0 Å². The normalized spacial score (nSPS) is 13.2. The fourth-order valence-electron chi connectivity index (χ4n) is 8.42. The number of hydrogen-bond donors (Lipinski definition) is 0. The highest BCUT2D eigenvalue weighted by atomic mass is 16.3. The molecule has 0 fully saturated rings. The zero-order valence-corrected chi connectivity index (χ0v) is 29.2. The van der Waals surface area contributed by atoms with E-state index in [0.717, 1.165) is 55.2 Å². The summed E-state index contributed by atoms with van der Waals surface area (Å²) >= 11 is 0. The summed E-state index contributed by atoms with van der Waals surface area (Å²) in [5, 5.41) is 4.48. The summed E-state index contributed by atoms with van der Waals surface area (Å²) in [7, 11) is 0. The third-order valence-corrected chi connectivity index (χ3v) is 11.1. The Morgan fingerprint density at radius 1 is 0.434 bits per heavy atom. The van der Waals surface area contributed by atoms with Crippen LogP contribution >= 0.6 is 0 Å². The maximum atomic E-state index is 6.52. The minimum absolute atomic E-state index is 0.109. The van der Waals surface area contributed by atoms with Gasteiger partial charge in [0.25, 0.3) is 0 Å². The van der Waals surface area contributed by atoms with Crippen molar-refractivity contribution in [1.82, 2.24) is 19.5 Å². The largest absolute Gasteiger partial charge is 0.456 e. The zero-order valence-electron chi connectivity index (χ0n) is 29.2. The summed E-state index contributed by atoms with van der Waals surface area (Å²) < 4.78 is 8.73. The Hall–Kier alpha value is -6.85. The lowest BCUT2D eigenvalue weighted by molar-refractivity contribution is 0.661. The zero-order chi connectivity index (χ0) is 35.3. The van der Waals surface area contributed by atoms with Crippen LogP contribution in [0.5, 0.6) is 0 Å². The van der Waals surface area contributed by atoms with E-state index in [4.69, 9.17) is 19.4 Å². The van der Waals surface area contributed by atoms with Crippen molar-refractivity contribution in [3.63, 3.8) is 0 Å². The predicted molar refractivity (Wildman–Crippen MR) is 215 cm³/mol. The molecule has 0 atom stereocenters. The molecule has 250 valence electrons. The van der Waals surface area contributed by atoms with Crippen LogP contribution in [-0.4, -0.2) is 19.5 Å². The first kappa shape index (κ1) is 29.8. The van der Waals surface area contributed by atoms with Crippen molar-refractivity contribution in [3.05, 3.63) is 169 Å². The smallest absolute Gasteiger partial charge is 0.238 e. The van der Waals surface area contributed by atoms with Crippen LogP contribution < -0.4 is 0 Å². The van der Waals surface area contributed by atoms with E-state index < -0.39 is 0 Å². The Kier molecular flexibility index (Phi) is 6.23. The second-order valence-corrected chi connectivity index (χ2v) is 14.5. The van der Waals surface area contributed by atoms with Crippen molar-refractivity contribution >= 4 is 43.7 Å². The van der Waals surface area contributed by atoms with Gasteiger partial charge in [-0.3, -0.25) is 4.57 Å². The van der Waals surface area contributed by atoms with Gasteiger partial charge in [-0.15, -0.1) is 0 Å². The quantitative estimate of drug-likeness (QED) is 0.186. The van der Waals surface area contributed by atoms with E-state index in [9.17, 15) is 0 Å². The molecule has 0 saturated carbocycles. The topological polar surface area (TPSA) is 56.7 Å². The number of furan rings is 1. The average molecular weight is 681 g/mol. The van der Waals surface area contributed by atoms with Gasteiger partial charge in [0.15, 0.2) is 11.6 Å². The van der Waals surface area contributed by atoms with Crippen molar-refractivity contribution in [2.24, 2.45) is 0 Å². The fraction of sp³-hybridized carbons (Fsp3) is 0.0625. The highest BCUT2D eigenvalue weighted by molar-refractivity contribution is 6.11. The monoisotopic (exact) mass is 680 g/mol. The van der Waals surface area contributed by atoms with E-state index in [2.05, 4.69) is 140 Å². The molecule has 0 bridgehead atoms. The minimum Gasteiger partial charge on any atom is -0.456 e. The summed E-state index contributed by atoms with van der Waals surface area (Å²) in [6.45, 7) is 4.65. The molecule has 3 heterocycles. The molecule has 0 unspecified atom stereocenters. The molecule has 0 N–H and O–H groups in total. The van der Waals surface area contributed by atoms with Gasteiger partial charge in [0.05, 0.1) is 11.0 Å². The van der Waals surface area contributed by atoms with Crippen molar-refractivity contribution in [2.75, 3.05) is 0 Å². The lowest BCUT2D eigenvalue weighted by Crippen LogP contribution is -2.14. The van der Waals surface area contributed by atoms with E-state index in [1.54, 1.807) is 0 Å². The second-order valence-electron chi connectivity index (χ2n) is 14.5. The molecule has 10 aromatic rings. The average Bonchev–Trinajstić information content (AvgIpc) is 3.82. The fourth-order valence-corrected chi connectivity index (χ4v) is 8.42. The van der Waals surface area contributed by atoms with Gasteiger partial charge < -0.3 is 4.42 Å². The standard InChI is InChI=1S/C48H32N4O/c1-48(2)39-19-11-9-17-33(39)37-28-42-38(27-40(37)48)34-18-10-12-20-41(34)52(42)47-50-45(30-15-7-4-8-16-30)49-46(51-47)32-22-24-36-35-23-21-31(29-13-5-3-6-14-29)25-43(35)53-44(36)26-32/h3-28H,1-2H3. The molecule has 3 aromatic heterocycles. The SMILES string of the molecule is CC1(C)c2ccccc2-c2cc3c(cc21)c1ccccc1n3-c1nc(-c2ccccc2)nc(-c2ccc3c(c2)oc2cc(-c4ccccc4)ccc23)n1. The molecule has 1 aliphatic rings. The first-order valence-electron chi connectivity index (χ1n) is 18.0. The van der Waals surface area contributed by atoms with Crippen LogP contribution in [0.15, 0.2) is 162 Å². The third kappa shape index (κ3) is 4.47. The van der Waals surface area contributed by atoms with Crippen LogP contribution in [-0.2, 0) is 5.41 Å². The van der Waals surface area contributed by atoms with Gasteiger partial charge in [0.1, 0.15) is 11.2 Å². The van der Waals surface area contributed by atoms with E-state index in [0.29, 0.717) is 17.6 Å². The number of para-hydroxylation sites is 1. The number of nitrogens with zero attached hydrogens (tertiary/aromatic N) is 4. The van der Waals surface area contributed by atoms with Crippen molar-refractivity contribution in [1.29, 1.82) is 0 Å². The minimum atomic E-state index is -0.109. The molecule has 5 nitrogen and oxygen atoms in total. The highest BCUT2D eigenvalue weighted by Crippen LogP contribution is 2.51. The number of fused-ring (bicyclic) bond motifs is 9. The number of aromatic nitrogens is 4. The molecular formula is C48H32N4O. The summed E-state index contributed by atoms with van der Waals surface area (Å²) in [5.74, 6) is 1.77. The summed E-state index contributed by atoms with van der Waals surface area (Å²) in [6.07, 6.45) is 0. The Bertz CT molecular complexity index is 3080. The molecule has 5 heteroatoms. The van der Waals surface area contributed by atoms with Crippen LogP contribution in [0.3, 0.4) is 0 Å². The Morgan fingerprint density at radius 3 is 1.83 bits per heavy atom. The highest BCUT2D eigenvalue weighted by Gasteiger charge is 2.36. The Balaban J connectivity index is 1.13. The van der Waals surface area contributed by atoms with Gasteiger partial charge >= 0.3 is 0 Å². The van der Waals surface area contributed by atoms with Crippen molar-refractivity contribution in [3.8, 4) is 51.0 Å². The van der Waals surface area contributed by atoms with Gasteiger partial charge in [-0.2, -0.15) is 9.97 Å². The molecule has 0 amide bonds. The second kappa shape index (κ2) is 11.1. The lowest BCUT2D eigenvalue weighted by atomic mass is 9.82. The molecule has 0 aliphatic heterocycles. The van der Waals surface area contributed by atoms with Gasteiger partial charge in [-0.1, -0.05) is 129 Å². The summed E-state index contributed by atoms with van der Waals surface area (Å²) in [6, 6.07) is 55.3. The van der Waals surface area contributed by atoms with Gasteiger partial charge in [-0.05, 0) is 75.8 Å². The van der Waals surface area contributed by atoms with E-state index in [1.165, 1.54) is 33.0 Å². The molecule has 53 heavy (non-hydrogen) atoms. The Labute approximate surface area is 305 Å². The molecule has 0 saturated heterocycles. The maximum absolute atomic E-state index is 6.52. The van der Waals surface area contributed by atoms with E-state index >= 15 is 0 Å². The van der Waals surface area contributed by atoms with Crippen LogP contribution in [0.1, 0.15) is 25.0 Å². The summed E-state index contributed by atoms with van der Waals surface area (Å²) in [5.41, 5.74) is 12.9. The van der Waals surface area contributed by atoms with Gasteiger partial charge in [0.2, 0.25) is 5.95 Å². The number of rotatable bonds is 4. The molecular weight excluding hydrogens is 649 g/mol. The predicted octanol–water partition coefficient (Wildman–Crippen LogP) is 12.2. The van der Waals surface area contributed by atoms with Gasteiger partial charge in [-0.25, -0.2) is 4.98 Å². The number of hydrogen-bond acceptors (Lipinski definition) is 4. The molecule has 1 aliphatic carbocycles. The first-order valence-corrected chi connectivity index (χ1v) is 18.0.